The molecule has 1 N–H and O–H groups in total. The minimum Gasteiger partial charge on any atom is -0.373 e. The van der Waals surface area contributed by atoms with Gasteiger partial charge in [0, 0.05) is 13.3 Å². The maximum atomic E-state index is 10.5. The van der Waals surface area contributed by atoms with E-state index in [9.17, 15) is 10.1 Å². The third kappa shape index (κ3) is 1.67. The molecule has 0 spiro atoms. The van der Waals surface area contributed by atoms with Crippen LogP contribution in [-0.4, -0.2) is 27.6 Å². The molecule has 1 aromatic heterocycles. The largest absolute Gasteiger partial charge is 0.373 e. The van der Waals surface area contributed by atoms with Crippen molar-refractivity contribution in [2.45, 2.75) is 19.4 Å². The molecule has 1 saturated heterocycles. The van der Waals surface area contributed by atoms with Crippen LogP contribution in [0, 0.1) is 17.0 Å². The zero-order valence-corrected chi connectivity index (χ0v) is 7.11. The van der Waals surface area contributed by atoms with Gasteiger partial charge in [0.2, 0.25) is 0 Å². The van der Waals surface area contributed by atoms with Crippen molar-refractivity contribution in [3.05, 3.63) is 21.6 Å². The van der Waals surface area contributed by atoms with E-state index in [4.69, 9.17) is 4.74 Å². The third-order valence-electron chi connectivity index (χ3n) is 1.88. The number of nitrogens with one attached hydrogen (secondary N) is 1. The molecule has 0 bridgehead atoms. The van der Waals surface area contributed by atoms with E-state index in [2.05, 4.69) is 9.97 Å². The number of nitrogens with zero attached hydrogens (tertiary/aromatic N) is 2. The molecule has 0 saturated carbocycles. The molecule has 6 nitrogen and oxygen atoms in total. The Balaban J connectivity index is 2.24. The van der Waals surface area contributed by atoms with Crippen molar-refractivity contribution in [1.82, 2.24) is 9.97 Å². The minimum absolute atomic E-state index is 0.00648. The van der Waals surface area contributed by atoms with Crippen LogP contribution >= 0.6 is 0 Å². The van der Waals surface area contributed by atoms with E-state index in [0.29, 0.717) is 24.5 Å². The fourth-order valence-electron chi connectivity index (χ4n) is 1.22. The lowest BCUT2D eigenvalue weighted by Gasteiger charge is -1.92. The van der Waals surface area contributed by atoms with Crippen LogP contribution in [0.2, 0.25) is 0 Å². The number of hydrogen-bond donors (Lipinski definition) is 1. The summed E-state index contributed by atoms with van der Waals surface area (Å²) in [5, 5.41) is 10.5. The topological polar surface area (TPSA) is 84.3 Å². The molecule has 70 valence electrons. The average molecular weight is 183 g/mol. The van der Waals surface area contributed by atoms with Crippen LogP contribution in [0.25, 0.3) is 0 Å². The fraction of sp³-hybridized carbons (Fsp3) is 0.571. The van der Waals surface area contributed by atoms with Gasteiger partial charge in [-0.3, -0.25) is 0 Å². The first kappa shape index (κ1) is 8.18. The summed E-state index contributed by atoms with van der Waals surface area (Å²) in [5.74, 6) is 0.565. The Morgan fingerprint density at radius 1 is 1.85 bits per heavy atom. The van der Waals surface area contributed by atoms with Gasteiger partial charge < -0.3 is 14.9 Å². The summed E-state index contributed by atoms with van der Waals surface area (Å²) < 4.78 is 4.98. The molecule has 1 atom stereocenters. The van der Waals surface area contributed by atoms with E-state index < -0.39 is 4.92 Å². The molecule has 1 fully saturated rings. The summed E-state index contributed by atoms with van der Waals surface area (Å²) in [5.41, 5.74) is 0.491. The Morgan fingerprint density at radius 2 is 2.54 bits per heavy atom. The van der Waals surface area contributed by atoms with Gasteiger partial charge in [-0.1, -0.05) is 0 Å². The first-order valence-electron chi connectivity index (χ1n) is 3.98. The Labute approximate surface area is 74.1 Å². The van der Waals surface area contributed by atoms with Gasteiger partial charge in [-0.05, 0) is 4.92 Å². The van der Waals surface area contributed by atoms with Gasteiger partial charge in [-0.25, -0.2) is 9.97 Å². The third-order valence-corrected chi connectivity index (χ3v) is 1.88. The number of imidazole rings is 1. The van der Waals surface area contributed by atoms with Crippen molar-refractivity contribution in [2.75, 3.05) is 6.61 Å². The highest BCUT2D eigenvalue weighted by molar-refractivity contribution is 5.28. The van der Waals surface area contributed by atoms with Crippen molar-refractivity contribution in [3.8, 4) is 0 Å². The molecule has 6 heteroatoms. The summed E-state index contributed by atoms with van der Waals surface area (Å²) in [7, 11) is 0. The quantitative estimate of drug-likeness (QED) is 0.421. The minimum atomic E-state index is -0.447. The van der Waals surface area contributed by atoms with E-state index >= 15 is 0 Å². The molecule has 0 aliphatic carbocycles. The second kappa shape index (κ2) is 2.81. The number of H-pyrrole nitrogens is 1. The lowest BCUT2D eigenvalue weighted by Crippen LogP contribution is -1.98. The Kier molecular flexibility index (Phi) is 1.77. The molecule has 0 aromatic carbocycles. The number of aromatic amines is 1. The smallest absolute Gasteiger partial charge is 0.343 e. The van der Waals surface area contributed by atoms with Crippen LogP contribution < -0.4 is 0 Å². The van der Waals surface area contributed by atoms with E-state index in [1.54, 1.807) is 6.92 Å². The number of rotatable bonds is 3. The molecule has 0 radical (unpaired) electrons. The van der Waals surface area contributed by atoms with Gasteiger partial charge in [0.25, 0.3) is 0 Å². The van der Waals surface area contributed by atoms with Crippen LogP contribution in [-0.2, 0) is 11.2 Å². The predicted octanol–water partition coefficient (Wildman–Crippen LogP) is 0.568. The van der Waals surface area contributed by atoms with Gasteiger partial charge in [0.1, 0.15) is 5.69 Å². The first-order valence-corrected chi connectivity index (χ1v) is 3.98. The maximum Gasteiger partial charge on any atom is 0.343 e. The van der Waals surface area contributed by atoms with E-state index in [1.807, 2.05) is 0 Å². The summed E-state index contributed by atoms with van der Waals surface area (Å²) in [6.45, 7) is 2.38. The highest BCUT2D eigenvalue weighted by Gasteiger charge is 2.28. The number of aryl methyl sites for hydroxylation is 1. The van der Waals surface area contributed by atoms with Crippen molar-refractivity contribution in [1.29, 1.82) is 0 Å². The summed E-state index contributed by atoms with van der Waals surface area (Å²) in [6.07, 6.45) is 0.655. The standard InChI is InChI=1S/C7H9N3O3/c1-4-8-6(2-5-3-13-5)7(9-4)10(11)12/h5H,2-3H2,1H3,(H,8,9)/t5-/m1/s1. The van der Waals surface area contributed by atoms with Crippen LogP contribution in [0.15, 0.2) is 0 Å². The average Bonchev–Trinajstić information content (AvgIpc) is 2.75. The molecule has 1 aromatic rings. The van der Waals surface area contributed by atoms with Crippen LogP contribution in [0.3, 0.4) is 0 Å². The summed E-state index contributed by atoms with van der Waals surface area (Å²) in [6, 6.07) is 0. The Hall–Kier alpha value is -1.43. The SMILES string of the molecule is Cc1nc(C[C@@H]2CO2)c([N+](=O)[O-])[nH]1. The van der Waals surface area contributed by atoms with Crippen LogP contribution in [0.1, 0.15) is 11.5 Å². The second-order valence-corrected chi connectivity index (χ2v) is 3.03. The molecule has 1 aliphatic rings. The number of epoxide rings is 1. The number of ether oxygens (including phenoxy) is 1. The molecule has 2 heterocycles. The van der Waals surface area contributed by atoms with E-state index in [1.165, 1.54) is 0 Å². The number of aromatic nitrogens is 2. The fourth-order valence-corrected chi connectivity index (χ4v) is 1.22. The molecule has 13 heavy (non-hydrogen) atoms. The van der Waals surface area contributed by atoms with Gasteiger partial charge in [0.05, 0.1) is 12.7 Å². The van der Waals surface area contributed by atoms with Gasteiger partial charge in [-0.2, -0.15) is 0 Å². The summed E-state index contributed by atoms with van der Waals surface area (Å²) >= 11 is 0. The maximum absolute atomic E-state index is 10.5. The van der Waals surface area contributed by atoms with Crippen LogP contribution in [0.4, 0.5) is 5.82 Å². The lowest BCUT2D eigenvalue weighted by molar-refractivity contribution is -0.390. The van der Waals surface area contributed by atoms with Gasteiger partial charge >= 0.3 is 5.82 Å². The number of nitro groups is 1. The molecular weight excluding hydrogens is 174 g/mol. The molecule has 2 rings (SSSR count). The predicted molar refractivity (Wildman–Crippen MR) is 43.4 cm³/mol. The normalized spacial score (nSPS) is 20.2. The zero-order valence-electron chi connectivity index (χ0n) is 7.11. The molecular formula is C7H9N3O3. The highest BCUT2D eigenvalue weighted by Crippen LogP contribution is 2.21. The summed E-state index contributed by atoms with van der Waals surface area (Å²) in [4.78, 5) is 16.7. The lowest BCUT2D eigenvalue weighted by atomic mass is 10.2. The Bertz CT molecular complexity index is 343. The van der Waals surface area contributed by atoms with Crippen molar-refractivity contribution in [3.63, 3.8) is 0 Å². The highest BCUT2D eigenvalue weighted by atomic mass is 16.6. The van der Waals surface area contributed by atoms with E-state index in [-0.39, 0.29) is 11.9 Å². The number of hydrogen-bond acceptors (Lipinski definition) is 4. The monoisotopic (exact) mass is 183 g/mol. The van der Waals surface area contributed by atoms with Crippen molar-refractivity contribution in [2.24, 2.45) is 0 Å². The van der Waals surface area contributed by atoms with Crippen molar-refractivity contribution < 1.29 is 9.66 Å². The molecule has 0 unspecified atom stereocenters. The van der Waals surface area contributed by atoms with Crippen molar-refractivity contribution >= 4 is 5.82 Å². The zero-order chi connectivity index (χ0) is 9.42. The van der Waals surface area contributed by atoms with E-state index in [0.717, 1.165) is 0 Å². The van der Waals surface area contributed by atoms with Gasteiger partial charge in [-0.15, -0.1) is 0 Å². The second-order valence-electron chi connectivity index (χ2n) is 3.03. The van der Waals surface area contributed by atoms with Gasteiger partial charge in [0.15, 0.2) is 5.82 Å². The van der Waals surface area contributed by atoms with Crippen LogP contribution in [0.5, 0.6) is 0 Å². The molecule has 0 amide bonds. The Morgan fingerprint density at radius 3 is 3.08 bits per heavy atom. The molecule has 1 aliphatic heterocycles. The first-order chi connectivity index (χ1) is 6.16.